The Bertz CT molecular complexity index is 359. The fraction of sp³-hybridized carbons (Fsp3) is 0.643. The van der Waals surface area contributed by atoms with Crippen molar-refractivity contribution in [3.63, 3.8) is 0 Å². The average Bonchev–Trinajstić information content (AvgIpc) is 2.64. The van der Waals surface area contributed by atoms with Gasteiger partial charge in [0, 0.05) is 28.1 Å². The highest BCUT2D eigenvalue weighted by molar-refractivity contribution is 7.11. The Morgan fingerprint density at radius 3 is 2.65 bits per heavy atom. The van der Waals surface area contributed by atoms with Crippen molar-refractivity contribution in [2.45, 2.75) is 53.0 Å². The van der Waals surface area contributed by atoms with Crippen LogP contribution in [0.15, 0.2) is 12.1 Å². The third-order valence-electron chi connectivity index (χ3n) is 2.86. The topological polar surface area (TPSA) is 29.1 Å². The summed E-state index contributed by atoms with van der Waals surface area (Å²) in [6, 6.07) is 4.51. The summed E-state index contributed by atoms with van der Waals surface area (Å²) in [5.41, 5.74) is 0. The van der Waals surface area contributed by atoms with Crippen LogP contribution in [-0.2, 0) is 11.2 Å². The van der Waals surface area contributed by atoms with Gasteiger partial charge >= 0.3 is 0 Å². The van der Waals surface area contributed by atoms with Gasteiger partial charge in [-0.05, 0) is 32.4 Å². The zero-order valence-corrected chi connectivity index (χ0v) is 12.1. The predicted molar refractivity (Wildman–Crippen MR) is 74.4 cm³/mol. The van der Waals surface area contributed by atoms with Gasteiger partial charge in [-0.25, -0.2) is 0 Å². The van der Waals surface area contributed by atoms with Gasteiger partial charge in [0.25, 0.3) is 0 Å². The van der Waals surface area contributed by atoms with E-state index >= 15 is 0 Å². The lowest BCUT2D eigenvalue weighted by Crippen LogP contribution is -2.37. The Morgan fingerprint density at radius 1 is 1.41 bits per heavy atom. The first-order chi connectivity index (χ1) is 8.02. The van der Waals surface area contributed by atoms with Crippen LogP contribution in [0.5, 0.6) is 0 Å². The summed E-state index contributed by atoms with van der Waals surface area (Å²) < 4.78 is 0. The van der Waals surface area contributed by atoms with E-state index in [0.717, 1.165) is 19.3 Å². The second kappa shape index (κ2) is 6.80. The van der Waals surface area contributed by atoms with Gasteiger partial charge in [-0.1, -0.05) is 20.3 Å². The molecule has 0 radical (unpaired) electrons. The number of carbonyl (C=O) groups excluding carboxylic acids is 1. The van der Waals surface area contributed by atoms with E-state index in [4.69, 9.17) is 0 Å². The van der Waals surface area contributed by atoms with Crippen molar-refractivity contribution in [1.82, 2.24) is 5.32 Å². The van der Waals surface area contributed by atoms with Crippen LogP contribution in [0.1, 0.15) is 43.4 Å². The SMILES string of the molecule is CCCC(C)C(=O)NC(C)Cc1ccc(C)s1. The quantitative estimate of drug-likeness (QED) is 0.825. The van der Waals surface area contributed by atoms with Crippen molar-refractivity contribution in [2.75, 3.05) is 0 Å². The lowest BCUT2D eigenvalue weighted by atomic mass is 10.0. The maximum absolute atomic E-state index is 11.8. The van der Waals surface area contributed by atoms with Crippen LogP contribution in [0.3, 0.4) is 0 Å². The van der Waals surface area contributed by atoms with E-state index in [0.29, 0.717) is 0 Å². The number of thiophene rings is 1. The van der Waals surface area contributed by atoms with Crippen molar-refractivity contribution in [2.24, 2.45) is 5.92 Å². The molecule has 0 aliphatic rings. The minimum Gasteiger partial charge on any atom is -0.353 e. The first-order valence-electron chi connectivity index (χ1n) is 6.38. The van der Waals surface area contributed by atoms with Crippen LogP contribution in [0.2, 0.25) is 0 Å². The smallest absolute Gasteiger partial charge is 0.223 e. The zero-order chi connectivity index (χ0) is 12.8. The van der Waals surface area contributed by atoms with Gasteiger partial charge in [-0.15, -0.1) is 11.3 Å². The molecule has 2 unspecified atom stereocenters. The van der Waals surface area contributed by atoms with Crippen LogP contribution in [0.25, 0.3) is 0 Å². The summed E-state index contributed by atoms with van der Waals surface area (Å²) in [7, 11) is 0. The third-order valence-corrected chi connectivity index (χ3v) is 3.88. The van der Waals surface area contributed by atoms with Crippen molar-refractivity contribution < 1.29 is 4.79 Å². The highest BCUT2D eigenvalue weighted by atomic mass is 32.1. The molecule has 1 heterocycles. The molecule has 17 heavy (non-hydrogen) atoms. The van der Waals surface area contributed by atoms with Crippen molar-refractivity contribution in [3.8, 4) is 0 Å². The van der Waals surface area contributed by atoms with Crippen molar-refractivity contribution in [3.05, 3.63) is 21.9 Å². The molecular formula is C14H23NOS. The molecule has 3 heteroatoms. The largest absolute Gasteiger partial charge is 0.353 e. The third kappa shape index (κ3) is 4.90. The zero-order valence-electron chi connectivity index (χ0n) is 11.2. The molecule has 0 saturated carbocycles. The first-order valence-corrected chi connectivity index (χ1v) is 7.20. The summed E-state index contributed by atoms with van der Waals surface area (Å²) >= 11 is 1.81. The van der Waals surface area contributed by atoms with E-state index in [9.17, 15) is 4.79 Å². The molecule has 2 atom stereocenters. The number of aryl methyl sites for hydroxylation is 1. The molecule has 96 valence electrons. The Hall–Kier alpha value is -0.830. The summed E-state index contributed by atoms with van der Waals surface area (Å²) in [5, 5.41) is 3.09. The fourth-order valence-corrected chi connectivity index (χ4v) is 2.92. The highest BCUT2D eigenvalue weighted by Gasteiger charge is 2.14. The Balaban J connectivity index is 2.38. The molecule has 1 aromatic rings. The molecule has 0 aliphatic carbocycles. The van der Waals surface area contributed by atoms with Crippen LogP contribution < -0.4 is 5.32 Å². The van der Waals surface area contributed by atoms with Crippen molar-refractivity contribution >= 4 is 17.2 Å². The molecule has 1 amide bonds. The van der Waals surface area contributed by atoms with E-state index < -0.39 is 0 Å². The number of nitrogens with one attached hydrogen (secondary N) is 1. The molecule has 0 bridgehead atoms. The van der Waals surface area contributed by atoms with E-state index in [1.165, 1.54) is 9.75 Å². The van der Waals surface area contributed by atoms with Gasteiger partial charge in [0.2, 0.25) is 5.91 Å². The fourth-order valence-electron chi connectivity index (χ4n) is 1.90. The van der Waals surface area contributed by atoms with Gasteiger partial charge < -0.3 is 5.32 Å². The lowest BCUT2D eigenvalue weighted by molar-refractivity contribution is -0.125. The minimum absolute atomic E-state index is 0.132. The minimum atomic E-state index is 0.132. The second-order valence-electron chi connectivity index (χ2n) is 4.82. The Kier molecular flexibility index (Phi) is 5.69. The van der Waals surface area contributed by atoms with Crippen LogP contribution in [-0.4, -0.2) is 11.9 Å². The normalized spacial score (nSPS) is 14.4. The summed E-state index contributed by atoms with van der Waals surface area (Å²) in [4.78, 5) is 14.5. The average molecular weight is 253 g/mol. The van der Waals surface area contributed by atoms with Crippen LogP contribution in [0, 0.1) is 12.8 Å². The molecule has 0 spiro atoms. The molecular weight excluding hydrogens is 230 g/mol. The molecule has 1 rings (SSSR count). The van der Waals surface area contributed by atoms with Gasteiger partial charge in [0.1, 0.15) is 0 Å². The predicted octanol–water partition coefficient (Wildman–Crippen LogP) is 3.54. The molecule has 0 fully saturated rings. The lowest BCUT2D eigenvalue weighted by Gasteiger charge is -2.16. The first kappa shape index (κ1) is 14.2. The summed E-state index contributed by atoms with van der Waals surface area (Å²) in [6.45, 7) is 8.30. The second-order valence-corrected chi connectivity index (χ2v) is 6.19. The number of rotatable bonds is 6. The van der Waals surface area contributed by atoms with Gasteiger partial charge in [-0.2, -0.15) is 0 Å². The molecule has 2 nitrogen and oxygen atoms in total. The van der Waals surface area contributed by atoms with Gasteiger partial charge in [-0.3, -0.25) is 4.79 Å². The molecule has 0 aromatic carbocycles. The number of hydrogen-bond acceptors (Lipinski definition) is 2. The van der Waals surface area contributed by atoms with Crippen molar-refractivity contribution in [1.29, 1.82) is 0 Å². The summed E-state index contributed by atoms with van der Waals surface area (Å²) in [5.74, 6) is 0.320. The molecule has 0 saturated heterocycles. The maximum Gasteiger partial charge on any atom is 0.223 e. The number of carbonyl (C=O) groups is 1. The van der Waals surface area contributed by atoms with E-state index in [-0.39, 0.29) is 17.9 Å². The summed E-state index contributed by atoms with van der Waals surface area (Å²) in [6.07, 6.45) is 2.97. The van der Waals surface area contributed by atoms with Gasteiger partial charge in [0.15, 0.2) is 0 Å². The van der Waals surface area contributed by atoms with E-state index in [2.05, 4.69) is 38.2 Å². The van der Waals surface area contributed by atoms with Crippen LogP contribution in [0.4, 0.5) is 0 Å². The number of amides is 1. The molecule has 1 N–H and O–H groups in total. The van der Waals surface area contributed by atoms with Crippen LogP contribution >= 0.6 is 11.3 Å². The monoisotopic (exact) mass is 253 g/mol. The van der Waals surface area contributed by atoms with E-state index in [1.54, 1.807) is 0 Å². The van der Waals surface area contributed by atoms with Gasteiger partial charge in [0.05, 0.1) is 0 Å². The van der Waals surface area contributed by atoms with E-state index in [1.807, 2.05) is 18.3 Å². The Morgan fingerprint density at radius 2 is 2.12 bits per heavy atom. The number of hydrogen-bond donors (Lipinski definition) is 1. The maximum atomic E-state index is 11.8. The molecule has 0 aliphatic heterocycles. The Labute approximate surface area is 108 Å². The highest BCUT2D eigenvalue weighted by Crippen LogP contribution is 2.17. The molecule has 1 aromatic heterocycles. The standard InChI is InChI=1S/C14H23NOS/c1-5-6-10(2)14(16)15-11(3)9-13-8-7-12(4)17-13/h7-8,10-11H,5-6,9H2,1-4H3,(H,15,16).